The first-order chi connectivity index (χ1) is 9.42. The Balaban J connectivity index is 2.18. The van der Waals surface area contributed by atoms with Gasteiger partial charge in [0.1, 0.15) is 5.75 Å². The van der Waals surface area contributed by atoms with Crippen molar-refractivity contribution in [2.24, 2.45) is 0 Å². The molecule has 1 amide bonds. The van der Waals surface area contributed by atoms with Crippen molar-refractivity contribution < 1.29 is 19.8 Å². The fourth-order valence-corrected chi connectivity index (χ4v) is 2.90. The maximum Gasteiger partial charge on any atom is 0.305 e. The highest BCUT2D eigenvalue weighted by molar-refractivity contribution is 5.96. The number of benzene rings is 1. The Bertz CT molecular complexity index is 533. The summed E-state index contributed by atoms with van der Waals surface area (Å²) in [5, 5.41) is 21.3. The zero-order valence-electron chi connectivity index (χ0n) is 11.5. The number of nitrogens with one attached hydrogen (secondary N) is 1. The van der Waals surface area contributed by atoms with E-state index >= 15 is 0 Å². The van der Waals surface area contributed by atoms with Crippen LogP contribution in [0.25, 0.3) is 0 Å². The molecule has 0 heterocycles. The van der Waals surface area contributed by atoms with Gasteiger partial charge >= 0.3 is 5.97 Å². The van der Waals surface area contributed by atoms with Gasteiger partial charge in [-0.3, -0.25) is 9.59 Å². The Hall–Kier alpha value is -2.04. The van der Waals surface area contributed by atoms with Crippen molar-refractivity contribution in [3.63, 3.8) is 0 Å². The first-order valence-corrected chi connectivity index (χ1v) is 6.76. The molecule has 0 bridgehead atoms. The number of carboxylic acids is 1. The van der Waals surface area contributed by atoms with E-state index in [9.17, 15) is 14.7 Å². The lowest BCUT2D eigenvalue weighted by Gasteiger charge is -2.29. The molecule has 1 aliphatic carbocycles. The molecule has 0 atom stereocenters. The van der Waals surface area contributed by atoms with E-state index in [4.69, 9.17) is 5.11 Å². The van der Waals surface area contributed by atoms with E-state index in [0.717, 1.165) is 12.8 Å². The lowest BCUT2D eigenvalue weighted by molar-refractivity contribution is -0.138. The number of hydrogen-bond donors (Lipinski definition) is 3. The number of aryl methyl sites for hydroxylation is 1. The van der Waals surface area contributed by atoms with Gasteiger partial charge in [-0.15, -0.1) is 0 Å². The van der Waals surface area contributed by atoms with Crippen LogP contribution in [0.15, 0.2) is 18.2 Å². The molecule has 5 nitrogen and oxygen atoms in total. The third-order valence-corrected chi connectivity index (χ3v) is 3.88. The summed E-state index contributed by atoms with van der Waals surface area (Å²) in [7, 11) is 0. The van der Waals surface area contributed by atoms with Crippen molar-refractivity contribution in [3.8, 4) is 5.75 Å². The number of carbonyl (C=O) groups excluding carboxylic acids is 1. The van der Waals surface area contributed by atoms with E-state index < -0.39 is 11.5 Å². The third-order valence-electron chi connectivity index (χ3n) is 3.88. The minimum absolute atomic E-state index is 0.0458. The van der Waals surface area contributed by atoms with Crippen molar-refractivity contribution in [3.05, 3.63) is 29.3 Å². The molecule has 5 heteroatoms. The molecular weight excluding hydrogens is 258 g/mol. The maximum atomic E-state index is 12.3. The van der Waals surface area contributed by atoms with Crippen molar-refractivity contribution in [1.29, 1.82) is 0 Å². The van der Waals surface area contributed by atoms with Crippen LogP contribution in [-0.4, -0.2) is 27.6 Å². The highest BCUT2D eigenvalue weighted by Crippen LogP contribution is 2.33. The van der Waals surface area contributed by atoms with Gasteiger partial charge in [-0.25, -0.2) is 0 Å². The summed E-state index contributed by atoms with van der Waals surface area (Å²) >= 11 is 0. The van der Waals surface area contributed by atoms with Crippen LogP contribution in [0.5, 0.6) is 5.75 Å². The van der Waals surface area contributed by atoms with Crippen molar-refractivity contribution in [2.45, 2.75) is 44.6 Å². The maximum absolute atomic E-state index is 12.3. The van der Waals surface area contributed by atoms with Gasteiger partial charge in [0.05, 0.1) is 12.0 Å². The van der Waals surface area contributed by atoms with Crippen molar-refractivity contribution in [2.75, 3.05) is 0 Å². The number of amides is 1. The molecular formula is C15H19NO4. The van der Waals surface area contributed by atoms with Crippen molar-refractivity contribution in [1.82, 2.24) is 5.32 Å². The van der Waals surface area contributed by atoms with Crippen LogP contribution in [0, 0.1) is 6.92 Å². The summed E-state index contributed by atoms with van der Waals surface area (Å²) in [6, 6.07) is 4.54. The third kappa shape index (κ3) is 3.10. The first kappa shape index (κ1) is 14.4. The number of rotatable bonds is 4. The fourth-order valence-electron chi connectivity index (χ4n) is 2.90. The minimum Gasteiger partial charge on any atom is -0.508 e. The molecule has 1 aromatic rings. The second kappa shape index (κ2) is 5.53. The Labute approximate surface area is 117 Å². The predicted octanol–water partition coefficient (Wildman–Crippen LogP) is 2.22. The number of carboxylic acid groups (broad SMARTS) is 1. The summed E-state index contributed by atoms with van der Waals surface area (Å²) in [6.45, 7) is 1.74. The highest BCUT2D eigenvalue weighted by Gasteiger charge is 2.37. The van der Waals surface area contributed by atoms with Gasteiger partial charge in [0.15, 0.2) is 0 Å². The molecule has 0 aliphatic heterocycles. The summed E-state index contributed by atoms with van der Waals surface area (Å²) in [6.07, 6.45) is 3.21. The molecule has 2 rings (SSSR count). The molecule has 1 aliphatic rings. The lowest BCUT2D eigenvalue weighted by atomic mass is 9.92. The largest absolute Gasteiger partial charge is 0.508 e. The normalized spacial score (nSPS) is 16.9. The summed E-state index contributed by atoms with van der Waals surface area (Å²) in [5.74, 6) is -1.06. The van der Waals surface area contributed by atoms with Gasteiger partial charge in [-0.2, -0.15) is 0 Å². The van der Waals surface area contributed by atoms with Gasteiger partial charge in [-0.05, 0) is 43.5 Å². The van der Waals surface area contributed by atoms with Gasteiger partial charge in [0, 0.05) is 5.56 Å². The molecule has 0 spiro atoms. The molecule has 20 heavy (non-hydrogen) atoms. The van der Waals surface area contributed by atoms with Crippen LogP contribution in [0.1, 0.15) is 48.0 Å². The highest BCUT2D eigenvalue weighted by atomic mass is 16.4. The zero-order chi connectivity index (χ0) is 14.8. The van der Waals surface area contributed by atoms with Crippen LogP contribution in [-0.2, 0) is 4.79 Å². The lowest BCUT2D eigenvalue weighted by Crippen LogP contribution is -2.48. The summed E-state index contributed by atoms with van der Waals surface area (Å²) < 4.78 is 0. The number of hydrogen-bond acceptors (Lipinski definition) is 3. The standard InChI is InChI=1S/C15H19NO4/c1-10-8-11(17)4-5-12(10)14(20)16-15(9-13(18)19)6-2-3-7-15/h4-5,8,17H,2-3,6-7,9H2,1H3,(H,16,20)(H,18,19). The van der Waals surface area contributed by atoms with Crippen molar-refractivity contribution >= 4 is 11.9 Å². The van der Waals surface area contributed by atoms with Crippen LogP contribution < -0.4 is 5.32 Å². The van der Waals surface area contributed by atoms with E-state index in [1.165, 1.54) is 12.1 Å². The predicted molar refractivity (Wildman–Crippen MR) is 73.8 cm³/mol. The van der Waals surface area contributed by atoms with Crippen LogP contribution in [0.4, 0.5) is 0 Å². The van der Waals surface area contributed by atoms with E-state index in [1.807, 2.05) is 0 Å². The zero-order valence-corrected chi connectivity index (χ0v) is 11.5. The minimum atomic E-state index is -0.894. The molecule has 0 unspecified atom stereocenters. The fraction of sp³-hybridized carbons (Fsp3) is 0.467. The second-order valence-electron chi connectivity index (χ2n) is 5.51. The van der Waals surface area contributed by atoms with Gasteiger partial charge < -0.3 is 15.5 Å². The average molecular weight is 277 g/mol. The number of carbonyl (C=O) groups is 2. The average Bonchev–Trinajstić information content (AvgIpc) is 2.75. The van der Waals surface area contributed by atoms with E-state index in [1.54, 1.807) is 13.0 Å². The summed E-state index contributed by atoms with van der Waals surface area (Å²) in [4.78, 5) is 23.3. The topological polar surface area (TPSA) is 86.6 Å². The second-order valence-corrected chi connectivity index (χ2v) is 5.51. The quantitative estimate of drug-likeness (QED) is 0.787. The Morgan fingerprint density at radius 3 is 2.50 bits per heavy atom. The molecule has 1 saturated carbocycles. The van der Waals surface area contributed by atoms with E-state index in [-0.39, 0.29) is 18.1 Å². The molecule has 0 saturated heterocycles. The summed E-state index contributed by atoms with van der Waals surface area (Å²) in [5.41, 5.74) is 0.512. The Morgan fingerprint density at radius 2 is 1.95 bits per heavy atom. The smallest absolute Gasteiger partial charge is 0.305 e. The van der Waals surface area contributed by atoms with Crippen LogP contribution in [0.2, 0.25) is 0 Å². The number of aromatic hydroxyl groups is 1. The van der Waals surface area contributed by atoms with E-state index in [0.29, 0.717) is 24.0 Å². The van der Waals surface area contributed by atoms with E-state index in [2.05, 4.69) is 5.32 Å². The molecule has 1 aromatic carbocycles. The first-order valence-electron chi connectivity index (χ1n) is 6.76. The number of aliphatic carboxylic acids is 1. The number of phenolic OH excluding ortho intramolecular Hbond substituents is 1. The SMILES string of the molecule is Cc1cc(O)ccc1C(=O)NC1(CC(=O)O)CCCC1. The molecule has 1 fully saturated rings. The van der Waals surface area contributed by atoms with Gasteiger partial charge in [0.25, 0.3) is 5.91 Å². The van der Waals surface area contributed by atoms with Crippen LogP contribution in [0.3, 0.4) is 0 Å². The monoisotopic (exact) mass is 277 g/mol. The van der Waals surface area contributed by atoms with Gasteiger partial charge in [-0.1, -0.05) is 12.8 Å². The number of phenols is 1. The Morgan fingerprint density at radius 1 is 1.30 bits per heavy atom. The molecule has 0 radical (unpaired) electrons. The van der Waals surface area contributed by atoms with Crippen LogP contribution >= 0.6 is 0 Å². The van der Waals surface area contributed by atoms with Gasteiger partial charge in [0.2, 0.25) is 0 Å². The Kier molecular flexibility index (Phi) is 3.97. The molecule has 108 valence electrons. The molecule has 3 N–H and O–H groups in total. The molecule has 0 aromatic heterocycles.